The van der Waals surface area contributed by atoms with Crippen LogP contribution in [0.25, 0.3) is 0 Å². The van der Waals surface area contributed by atoms with Crippen LogP contribution in [0.5, 0.6) is 0 Å². The predicted octanol–water partition coefficient (Wildman–Crippen LogP) is 2.31. The minimum atomic E-state index is -0.295. The van der Waals surface area contributed by atoms with Crippen molar-refractivity contribution in [1.29, 1.82) is 0 Å². The molecule has 1 N–H and O–H groups in total. The first kappa shape index (κ1) is 13.4. The minimum Gasteiger partial charge on any atom is -0.317 e. The van der Waals surface area contributed by atoms with Crippen LogP contribution in [0, 0.1) is 10.1 Å². The molecule has 19 heavy (non-hydrogen) atoms. The Balaban J connectivity index is 2.03. The summed E-state index contributed by atoms with van der Waals surface area (Å²) in [7, 11) is 0. The maximum Gasteiger partial charge on any atom is 0.324 e. The lowest BCUT2D eigenvalue weighted by Crippen LogP contribution is -2.31. The van der Waals surface area contributed by atoms with Gasteiger partial charge in [-0.05, 0) is 41.9 Å². The second-order valence-electron chi connectivity index (χ2n) is 4.94. The van der Waals surface area contributed by atoms with Crippen molar-refractivity contribution in [1.82, 2.24) is 15.1 Å². The normalized spacial score (nSPS) is 21.3. The maximum atomic E-state index is 11.3. The zero-order valence-electron chi connectivity index (χ0n) is 10.3. The number of hydrogen-bond acceptors (Lipinski definition) is 5. The highest BCUT2D eigenvalue weighted by molar-refractivity contribution is 9.10. The second kappa shape index (κ2) is 5.41. The molecule has 0 bridgehead atoms. The Labute approximate surface area is 123 Å². The van der Waals surface area contributed by atoms with Crippen LogP contribution in [0.2, 0.25) is 0 Å². The molecule has 0 amide bonds. The van der Waals surface area contributed by atoms with Crippen LogP contribution in [-0.2, 0) is 0 Å². The summed E-state index contributed by atoms with van der Waals surface area (Å²) in [6.45, 7) is 1.84. The average molecular weight is 347 g/mol. The Morgan fingerprint density at radius 2 is 2.11 bits per heavy atom. The van der Waals surface area contributed by atoms with E-state index in [2.05, 4.69) is 26.3 Å². The van der Waals surface area contributed by atoms with E-state index in [1.807, 2.05) is 16.4 Å². The third-order valence-electron chi connectivity index (χ3n) is 3.76. The van der Waals surface area contributed by atoms with Crippen molar-refractivity contribution in [3.63, 3.8) is 0 Å². The van der Waals surface area contributed by atoms with Gasteiger partial charge in [0.2, 0.25) is 4.60 Å². The van der Waals surface area contributed by atoms with Gasteiger partial charge in [-0.2, -0.15) is 16.9 Å². The fourth-order valence-electron chi connectivity index (χ4n) is 2.70. The fourth-order valence-corrected chi connectivity index (χ4v) is 3.95. The van der Waals surface area contributed by atoms with E-state index in [0.717, 1.165) is 43.1 Å². The van der Waals surface area contributed by atoms with Gasteiger partial charge in [0, 0.05) is 17.4 Å². The van der Waals surface area contributed by atoms with Crippen LogP contribution in [-0.4, -0.2) is 39.3 Å². The van der Waals surface area contributed by atoms with Crippen molar-refractivity contribution in [2.45, 2.75) is 24.8 Å². The molecular weight excluding hydrogens is 332 g/mol. The summed E-state index contributed by atoms with van der Waals surface area (Å²) in [5, 5.41) is 19.0. The van der Waals surface area contributed by atoms with Gasteiger partial charge in [0.05, 0.1) is 11.0 Å². The standard InChI is InChI=1S/C11H15BrN4O2S/c12-11-10(16(17)18)9(7-1-3-13-4-2-7)15(14-11)8-5-19-6-8/h7-8,13H,1-6H2. The zero-order valence-corrected chi connectivity index (χ0v) is 12.7. The highest BCUT2D eigenvalue weighted by Gasteiger charge is 2.36. The van der Waals surface area contributed by atoms with Gasteiger partial charge in [-0.15, -0.1) is 0 Å². The van der Waals surface area contributed by atoms with E-state index in [1.165, 1.54) is 0 Å². The van der Waals surface area contributed by atoms with Crippen LogP contribution in [0.3, 0.4) is 0 Å². The predicted molar refractivity (Wildman–Crippen MR) is 77.8 cm³/mol. The Hall–Kier alpha value is -0.600. The smallest absolute Gasteiger partial charge is 0.317 e. The quantitative estimate of drug-likeness (QED) is 0.671. The van der Waals surface area contributed by atoms with Gasteiger partial charge < -0.3 is 5.32 Å². The van der Waals surface area contributed by atoms with Gasteiger partial charge in [-0.1, -0.05) is 0 Å². The fraction of sp³-hybridized carbons (Fsp3) is 0.727. The van der Waals surface area contributed by atoms with Gasteiger partial charge in [0.25, 0.3) is 0 Å². The van der Waals surface area contributed by atoms with Crippen molar-refractivity contribution in [2.24, 2.45) is 0 Å². The number of nitrogens with one attached hydrogen (secondary N) is 1. The van der Waals surface area contributed by atoms with Crippen LogP contribution < -0.4 is 5.32 Å². The molecule has 1 aromatic heterocycles. The highest BCUT2D eigenvalue weighted by Crippen LogP contribution is 2.41. The lowest BCUT2D eigenvalue weighted by molar-refractivity contribution is -0.386. The van der Waals surface area contributed by atoms with Crippen molar-refractivity contribution in [2.75, 3.05) is 24.6 Å². The first-order valence-electron chi connectivity index (χ1n) is 6.39. The average Bonchev–Trinajstić information content (AvgIpc) is 2.65. The van der Waals surface area contributed by atoms with Crippen molar-refractivity contribution >= 4 is 33.4 Å². The molecule has 0 aliphatic carbocycles. The summed E-state index contributed by atoms with van der Waals surface area (Å²) in [5.41, 5.74) is 0.993. The molecular formula is C11H15BrN4O2S. The van der Waals surface area contributed by atoms with E-state index >= 15 is 0 Å². The molecule has 3 heterocycles. The molecule has 0 radical (unpaired) electrons. The number of nitro groups is 1. The van der Waals surface area contributed by atoms with Crippen molar-refractivity contribution in [3.05, 3.63) is 20.4 Å². The SMILES string of the molecule is O=[N+]([O-])c1c(Br)nn(C2CSC2)c1C1CCNCC1. The number of thioether (sulfide) groups is 1. The number of rotatable bonds is 3. The molecule has 1 aromatic rings. The molecule has 2 aliphatic heterocycles. The number of aromatic nitrogens is 2. The maximum absolute atomic E-state index is 11.3. The summed E-state index contributed by atoms with van der Waals surface area (Å²) >= 11 is 5.12. The van der Waals surface area contributed by atoms with Crippen LogP contribution in [0.15, 0.2) is 4.60 Å². The minimum absolute atomic E-state index is 0.170. The molecule has 0 saturated carbocycles. The third-order valence-corrected chi connectivity index (χ3v) is 5.53. The third kappa shape index (κ3) is 2.41. The molecule has 0 atom stereocenters. The highest BCUT2D eigenvalue weighted by atomic mass is 79.9. The summed E-state index contributed by atoms with van der Waals surface area (Å²) in [4.78, 5) is 11.0. The number of hydrogen-bond donors (Lipinski definition) is 1. The molecule has 0 spiro atoms. The summed E-state index contributed by atoms with van der Waals surface area (Å²) in [5.74, 6) is 2.25. The van der Waals surface area contributed by atoms with E-state index in [9.17, 15) is 10.1 Å². The van der Waals surface area contributed by atoms with Crippen LogP contribution in [0.1, 0.15) is 30.5 Å². The Morgan fingerprint density at radius 1 is 1.42 bits per heavy atom. The van der Waals surface area contributed by atoms with Gasteiger partial charge in [0.1, 0.15) is 5.69 Å². The monoisotopic (exact) mass is 346 g/mol. The molecule has 8 heteroatoms. The van der Waals surface area contributed by atoms with E-state index in [4.69, 9.17) is 0 Å². The largest absolute Gasteiger partial charge is 0.324 e. The van der Waals surface area contributed by atoms with E-state index < -0.39 is 0 Å². The Kier molecular flexibility index (Phi) is 3.81. The van der Waals surface area contributed by atoms with Crippen LogP contribution in [0.4, 0.5) is 5.69 Å². The molecule has 3 rings (SSSR count). The van der Waals surface area contributed by atoms with Gasteiger partial charge in [0.15, 0.2) is 0 Å². The molecule has 2 aliphatic rings. The van der Waals surface area contributed by atoms with Crippen molar-refractivity contribution < 1.29 is 4.92 Å². The van der Waals surface area contributed by atoms with E-state index in [1.54, 1.807) is 0 Å². The lowest BCUT2D eigenvalue weighted by Gasteiger charge is -2.30. The molecule has 2 saturated heterocycles. The van der Waals surface area contributed by atoms with E-state index in [-0.39, 0.29) is 16.5 Å². The van der Waals surface area contributed by atoms with Crippen molar-refractivity contribution in [3.8, 4) is 0 Å². The Morgan fingerprint density at radius 3 is 2.63 bits per heavy atom. The molecule has 0 aromatic carbocycles. The molecule has 0 unspecified atom stereocenters. The van der Waals surface area contributed by atoms with E-state index in [0.29, 0.717) is 10.6 Å². The molecule has 2 fully saturated rings. The zero-order chi connectivity index (χ0) is 13.4. The summed E-state index contributed by atoms with van der Waals surface area (Å²) in [6.07, 6.45) is 1.89. The number of halogens is 1. The first-order valence-corrected chi connectivity index (χ1v) is 8.34. The number of piperidine rings is 1. The first-order chi connectivity index (χ1) is 9.18. The summed E-state index contributed by atoms with van der Waals surface area (Å²) in [6, 6.07) is 0.319. The van der Waals surface area contributed by atoms with Crippen LogP contribution >= 0.6 is 27.7 Å². The second-order valence-corrected chi connectivity index (χ2v) is 6.77. The Bertz CT molecular complexity index is 497. The van der Waals surface area contributed by atoms with Gasteiger partial charge in [-0.3, -0.25) is 14.8 Å². The van der Waals surface area contributed by atoms with Gasteiger partial charge >= 0.3 is 5.69 Å². The lowest BCUT2D eigenvalue weighted by atomic mass is 9.93. The summed E-state index contributed by atoms with van der Waals surface area (Å²) < 4.78 is 2.29. The number of nitrogens with zero attached hydrogens (tertiary/aromatic N) is 3. The topological polar surface area (TPSA) is 73.0 Å². The molecule has 6 nitrogen and oxygen atoms in total. The molecule has 104 valence electrons. The van der Waals surface area contributed by atoms with Gasteiger partial charge in [-0.25, -0.2) is 0 Å².